The summed E-state index contributed by atoms with van der Waals surface area (Å²) in [6.45, 7) is 4.64. The van der Waals surface area contributed by atoms with Crippen molar-refractivity contribution in [2.24, 2.45) is 0 Å². The molecule has 84 valence electrons. The van der Waals surface area contributed by atoms with Gasteiger partial charge in [0.25, 0.3) is 0 Å². The lowest BCUT2D eigenvalue weighted by atomic mass is 10.2. The summed E-state index contributed by atoms with van der Waals surface area (Å²) >= 11 is 3.59. The maximum absolute atomic E-state index is 5.61. The SMILES string of the molecule is CC1CSCCN1CCc1csc(N)n1. The number of thioether (sulfide) groups is 1. The highest BCUT2D eigenvalue weighted by molar-refractivity contribution is 7.99. The van der Waals surface area contributed by atoms with Gasteiger partial charge in [0.05, 0.1) is 5.69 Å². The van der Waals surface area contributed by atoms with Crippen LogP contribution < -0.4 is 5.73 Å². The summed E-state index contributed by atoms with van der Waals surface area (Å²) in [5, 5.41) is 2.76. The average Bonchev–Trinajstić information content (AvgIpc) is 2.63. The van der Waals surface area contributed by atoms with E-state index >= 15 is 0 Å². The molecule has 2 rings (SSSR count). The summed E-state index contributed by atoms with van der Waals surface area (Å²) in [4.78, 5) is 6.83. The van der Waals surface area contributed by atoms with Crippen LogP contribution in [-0.2, 0) is 6.42 Å². The molecule has 2 heterocycles. The van der Waals surface area contributed by atoms with Gasteiger partial charge in [-0.05, 0) is 6.92 Å². The number of thiazole rings is 1. The Morgan fingerprint density at radius 1 is 1.67 bits per heavy atom. The van der Waals surface area contributed by atoms with Gasteiger partial charge in [0.1, 0.15) is 0 Å². The topological polar surface area (TPSA) is 42.1 Å². The summed E-state index contributed by atoms with van der Waals surface area (Å²) in [6, 6.07) is 0.708. The summed E-state index contributed by atoms with van der Waals surface area (Å²) < 4.78 is 0. The Kier molecular flexibility index (Phi) is 3.88. The van der Waals surface area contributed by atoms with Crippen LogP contribution in [0.1, 0.15) is 12.6 Å². The summed E-state index contributed by atoms with van der Waals surface area (Å²) in [5.74, 6) is 2.53. The van der Waals surface area contributed by atoms with E-state index in [1.807, 2.05) is 0 Å². The standard InChI is InChI=1S/C10H17N3S2/c1-8-6-14-5-4-13(8)3-2-9-7-15-10(11)12-9/h7-8H,2-6H2,1H3,(H2,11,12). The Hall–Kier alpha value is -0.260. The number of anilines is 1. The highest BCUT2D eigenvalue weighted by Crippen LogP contribution is 2.17. The third-order valence-electron chi connectivity index (χ3n) is 2.73. The van der Waals surface area contributed by atoms with Crippen LogP contribution >= 0.6 is 23.1 Å². The number of rotatable bonds is 3. The van der Waals surface area contributed by atoms with Gasteiger partial charge in [0.2, 0.25) is 0 Å². The van der Waals surface area contributed by atoms with Gasteiger partial charge < -0.3 is 5.73 Å². The van der Waals surface area contributed by atoms with Gasteiger partial charge in [0.15, 0.2) is 5.13 Å². The normalized spacial score (nSPS) is 23.1. The van der Waals surface area contributed by atoms with E-state index in [-0.39, 0.29) is 0 Å². The Labute approximate surface area is 99.1 Å². The molecule has 1 saturated heterocycles. The third kappa shape index (κ3) is 3.09. The molecule has 0 aliphatic carbocycles. The predicted octanol–water partition coefficient (Wildman–Crippen LogP) is 1.71. The molecular weight excluding hydrogens is 226 g/mol. The minimum Gasteiger partial charge on any atom is -0.375 e. The van der Waals surface area contributed by atoms with Gasteiger partial charge in [-0.1, -0.05) is 0 Å². The molecule has 1 unspecified atom stereocenters. The van der Waals surface area contributed by atoms with Crippen LogP contribution in [0.25, 0.3) is 0 Å². The summed E-state index contributed by atoms with van der Waals surface area (Å²) in [6.07, 6.45) is 1.03. The molecule has 0 amide bonds. The van der Waals surface area contributed by atoms with Crippen molar-refractivity contribution in [3.05, 3.63) is 11.1 Å². The van der Waals surface area contributed by atoms with E-state index in [2.05, 4.69) is 33.9 Å². The maximum Gasteiger partial charge on any atom is 0.180 e. The zero-order valence-electron chi connectivity index (χ0n) is 8.98. The van der Waals surface area contributed by atoms with Crippen molar-refractivity contribution in [1.82, 2.24) is 9.88 Å². The molecule has 2 N–H and O–H groups in total. The number of aromatic nitrogens is 1. The van der Waals surface area contributed by atoms with Gasteiger partial charge in [-0.2, -0.15) is 11.8 Å². The Balaban J connectivity index is 1.81. The lowest BCUT2D eigenvalue weighted by Gasteiger charge is -2.32. The fraction of sp³-hybridized carbons (Fsp3) is 0.700. The first-order chi connectivity index (χ1) is 7.25. The van der Waals surface area contributed by atoms with Crippen molar-refractivity contribution in [3.8, 4) is 0 Å². The minimum atomic E-state index is 0.687. The van der Waals surface area contributed by atoms with Crippen LogP contribution in [0.15, 0.2) is 5.38 Å². The fourth-order valence-electron chi connectivity index (χ4n) is 1.79. The third-order valence-corrected chi connectivity index (χ3v) is 4.64. The number of hydrogen-bond acceptors (Lipinski definition) is 5. The fourth-order valence-corrected chi connectivity index (χ4v) is 3.47. The first-order valence-electron chi connectivity index (χ1n) is 5.27. The van der Waals surface area contributed by atoms with Crippen molar-refractivity contribution in [2.75, 3.05) is 30.3 Å². The molecule has 5 heteroatoms. The molecule has 1 aromatic heterocycles. The average molecular weight is 243 g/mol. The molecule has 0 bridgehead atoms. The molecule has 0 saturated carbocycles. The first kappa shape index (κ1) is 11.2. The molecule has 1 atom stereocenters. The Morgan fingerprint density at radius 3 is 3.20 bits per heavy atom. The van der Waals surface area contributed by atoms with E-state index in [1.54, 1.807) is 0 Å². The molecule has 1 aliphatic heterocycles. The second kappa shape index (κ2) is 5.18. The van der Waals surface area contributed by atoms with Crippen LogP contribution in [0.4, 0.5) is 5.13 Å². The van der Waals surface area contributed by atoms with Gasteiger partial charge in [-0.15, -0.1) is 11.3 Å². The van der Waals surface area contributed by atoms with Gasteiger partial charge in [-0.25, -0.2) is 4.98 Å². The van der Waals surface area contributed by atoms with Gasteiger partial charge in [0, 0.05) is 42.4 Å². The first-order valence-corrected chi connectivity index (χ1v) is 7.31. The molecule has 1 fully saturated rings. The Morgan fingerprint density at radius 2 is 2.53 bits per heavy atom. The summed E-state index contributed by atoms with van der Waals surface area (Å²) in [5.41, 5.74) is 6.75. The van der Waals surface area contributed by atoms with E-state index in [1.165, 1.54) is 29.4 Å². The van der Waals surface area contributed by atoms with Crippen LogP contribution in [-0.4, -0.2) is 40.5 Å². The lowest BCUT2D eigenvalue weighted by molar-refractivity contribution is 0.235. The zero-order valence-corrected chi connectivity index (χ0v) is 10.6. The summed E-state index contributed by atoms with van der Waals surface area (Å²) in [7, 11) is 0. The minimum absolute atomic E-state index is 0.687. The van der Waals surface area contributed by atoms with Crippen LogP contribution in [0.3, 0.4) is 0 Å². The predicted molar refractivity (Wildman–Crippen MR) is 68.6 cm³/mol. The monoisotopic (exact) mass is 243 g/mol. The highest BCUT2D eigenvalue weighted by atomic mass is 32.2. The van der Waals surface area contributed by atoms with Crippen LogP contribution in [0.5, 0.6) is 0 Å². The van der Waals surface area contributed by atoms with Crippen molar-refractivity contribution >= 4 is 28.2 Å². The van der Waals surface area contributed by atoms with Crippen molar-refractivity contribution < 1.29 is 0 Å². The van der Waals surface area contributed by atoms with Crippen molar-refractivity contribution in [3.63, 3.8) is 0 Å². The smallest absolute Gasteiger partial charge is 0.180 e. The van der Waals surface area contributed by atoms with Crippen molar-refractivity contribution in [2.45, 2.75) is 19.4 Å². The number of nitrogen functional groups attached to an aromatic ring is 1. The molecule has 0 aromatic carbocycles. The largest absolute Gasteiger partial charge is 0.375 e. The quantitative estimate of drug-likeness (QED) is 0.877. The van der Waals surface area contributed by atoms with E-state index < -0.39 is 0 Å². The van der Waals surface area contributed by atoms with Crippen molar-refractivity contribution in [1.29, 1.82) is 0 Å². The Bertz CT molecular complexity index is 313. The van der Waals surface area contributed by atoms with E-state index in [0.717, 1.165) is 18.7 Å². The van der Waals surface area contributed by atoms with E-state index in [0.29, 0.717) is 11.2 Å². The molecule has 0 spiro atoms. The molecule has 0 radical (unpaired) electrons. The second-order valence-electron chi connectivity index (χ2n) is 3.89. The molecule has 1 aliphatic rings. The zero-order chi connectivity index (χ0) is 10.7. The molecule has 3 nitrogen and oxygen atoms in total. The molecular formula is C10H17N3S2. The molecule has 15 heavy (non-hydrogen) atoms. The number of hydrogen-bond donors (Lipinski definition) is 1. The lowest BCUT2D eigenvalue weighted by Crippen LogP contribution is -2.41. The van der Waals surface area contributed by atoms with E-state index in [4.69, 9.17) is 5.73 Å². The van der Waals surface area contributed by atoms with Gasteiger partial charge in [-0.3, -0.25) is 4.90 Å². The number of nitrogens with zero attached hydrogens (tertiary/aromatic N) is 2. The van der Waals surface area contributed by atoms with Crippen LogP contribution in [0, 0.1) is 0 Å². The van der Waals surface area contributed by atoms with Gasteiger partial charge >= 0.3 is 0 Å². The number of nitrogens with two attached hydrogens (primary N) is 1. The second-order valence-corrected chi connectivity index (χ2v) is 5.93. The molecule has 1 aromatic rings. The van der Waals surface area contributed by atoms with E-state index in [9.17, 15) is 0 Å². The maximum atomic E-state index is 5.61. The highest BCUT2D eigenvalue weighted by Gasteiger charge is 2.18. The van der Waals surface area contributed by atoms with Crippen LogP contribution in [0.2, 0.25) is 0 Å².